The lowest BCUT2D eigenvalue weighted by molar-refractivity contribution is 0.149. The van der Waals surface area contributed by atoms with Crippen molar-refractivity contribution in [3.8, 4) is 0 Å². The fourth-order valence-electron chi connectivity index (χ4n) is 7.57. The van der Waals surface area contributed by atoms with Gasteiger partial charge in [0.25, 0.3) is 0 Å². The molecule has 0 N–H and O–H groups in total. The quantitative estimate of drug-likeness (QED) is 0.234. The molecule has 0 fully saturated rings. The molecule has 2 bridgehead atoms. The molecular weight excluding hydrogens is 512 g/mol. The van der Waals surface area contributed by atoms with E-state index < -0.39 is 0 Å². The highest BCUT2D eigenvalue weighted by Crippen LogP contribution is 2.58. The second-order valence-electron chi connectivity index (χ2n) is 11.9. The van der Waals surface area contributed by atoms with E-state index >= 15 is 0 Å². The molecule has 5 aliphatic rings. The van der Waals surface area contributed by atoms with E-state index in [0.29, 0.717) is 23.7 Å². The lowest BCUT2D eigenvalue weighted by Gasteiger charge is -2.52. The summed E-state index contributed by atoms with van der Waals surface area (Å²) in [6.45, 7) is 10.8. The summed E-state index contributed by atoms with van der Waals surface area (Å²) in [6, 6.07) is 39.6. The molecule has 3 aliphatic carbocycles. The van der Waals surface area contributed by atoms with Crippen LogP contribution >= 0.6 is 0 Å². The van der Waals surface area contributed by atoms with Crippen LogP contribution in [0.25, 0.3) is 0 Å². The van der Waals surface area contributed by atoms with E-state index in [2.05, 4.69) is 167 Å². The maximum Gasteiger partial charge on any atom is 0.208 e. The molecule has 0 saturated heterocycles. The second-order valence-corrected chi connectivity index (χ2v) is 11.9. The first-order chi connectivity index (χ1) is 20.8. The number of hydrogen-bond acceptors (Lipinski definition) is 4. The maximum atomic E-state index is 3.65. The molecule has 4 aromatic carbocycles. The molecule has 2 aliphatic heterocycles. The van der Waals surface area contributed by atoms with E-state index in [1.807, 2.05) is 0 Å². The molecular formula is C38H34N4. The van der Waals surface area contributed by atoms with E-state index in [9.17, 15) is 0 Å². The molecule has 2 heterocycles. The Morgan fingerprint density at radius 1 is 0.405 bits per heavy atom. The van der Waals surface area contributed by atoms with Crippen molar-refractivity contribution in [2.45, 2.75) is 24.9 Å². The zero-order valence-corrected chi connectivity index (χ0v) is 23.6. The van der Waals surface area contributed by atoms with Crippen molar-refractivity contribution in [3.63, 3.8) is 0 Å². The van der Waals surface area contributed by atoms with Gasteiger partial charge in [0.1, 0.15) is 0 Å². The first-order valence-corrected chi connectivity index (χ1v) is 15.0. The summed E-state index contributed by atoms with van der Waals surface area (Å²) >= 11 is 0. The fourth-order valence-corrected chi connectivity index (χ4v) is 7.57. The lowest BCUT2D eigenvalue weighted by Crippen LogP contribution is -2.47. The number of hydrogen-bond donors (Lipinski definition) is 0. The first kappa shape index (κ1) is 25.3. The van der Waals surface area contributed by atoms with Gasteiger partial charge in [0.15, 0.2) is 0 Å². The van der Waals surface area contributed by atoms with Crippen LogP contribution in [0.3, 0.4) is 0 Å². The van der Waals surface area contributed by atoms with Gasteiger partial charge in [-0.15, -0.1) is 0 Å². The standard InChI is InChI=1S/C38H34N4/c1-3-11-29(12-4-1)23-39-19-21-41(27-39)25-35-36(26-42-22-20-40(28-42)24-30-13-5-2-6-14-30)38-33-17-9-7-15-31(33)37(35)32-16-8-10-18-34(32)38/h1-22,35-38H,23-26H2. The average molecular weight is 547 g/mol. The zero-order chi connectivity index (χ0) is 27.9. The van der Waals surface area contributed by atoms with Crippen molar-refractivity contribution in [1.82, 2.24) is 19.6 Å². The van der Waals surface area contributed by atoms with Crippen LogP contribution in [0, 0.1) is 25.2 Å². The maximum absolute atomic E-state index is 3.65. The van der Waals surface area contributed by atoms with Gasteiger partial charge in [-0.2, -0.15) is 0 Å². The fraction of sp³-hybridized carbons (Fsp3) is 0.211. The highest BCUT2D eigenvalue weighted by atomic mass is 15.3. The zero-order valence-electron chi connectivity index (χ0n) is 23.6. The Morgan fingerprint density at radius 2 is 0.738 bits per heavy atom. The van der Waals surface area contributed by atoms with Crippen molar-refractivity contribution in [2.24, 2.45) is 11.8 Å². The van der Waals surface area contributed by atoms with Crippen molar-refractivity contribution in [2.75, 3.05) is 13.1 Å². The smallest absolute Gasteiger partial charge is 0.208 e. The third-order valence-corrected chi connectivity index (χ3v) is 9.31. The number of nitrogens with zero attached hydrogens (tertiary/aromatic N) is 4. The summed E-state index contributed by atoms with van der Waals surface area (Å²) < 4.78 is 0. The van der Waals surface area contributed by atoms with Gasteiger partial charge < -0.3 is 19.6 Å². The highest BCUT2D eigenvalue weighted by Gasteiger charge is 2.50. The molecule has 4 heteroatoms. The van der Waals surface area contributed by atoms with Crippen LogP contribution < -0.4 is 0 Å². The average Bonchev–Trinajstić information content (AvgIpc) is 3.68. The Bertz CT molecular complexity index is 1430. The Hall–Kier alpha value is -4.44. The summed E-state index contributed by atoms with van der Waals surface area (Å²) in [6.07, 6.45) is 8.74. The molecule has 206 valence electrons. The molecule has 42 heavy (non-hydrogen) atoms. The Kier molecular flexibility index (Phi) is 6.48. The number of fused-ring (bicyclic) bond motifs is 1. The van der Waals surface area contributed by atoms with Gasteiger partial charge in [0.2, 0.25) is 13.3 Å². The molecule has 0 amide bonds. The van der Waals surface area contributed by atoms with Crippen LogP contribution in [0.4, 0.5) is 0 Å². The molecule has 4 nitrogen and oxygen atoms in total. The van der Waals surface area contributed by atoms with E-state index in [4.69, 9.17) is 0 Å². The van der Waals surface area contributed by atoms with Crippen LogP contribution in [0.2, 0.25) is 0 Å². The molecule has 4 radical (unpaired) electrons. The van der Waals surface area contributed by atoms with E-state index in [0.717, 1.165) is 26.2 Å². The predicted molar refractivity (Wildman–Crippen MR) is 166 cm³/mol. The highest BCUT2D eigenvalue weighted by molar-refractivity contribution is 5.56. The molecule has 0 spiro atoms. The SMILES string of the molecule is [C]1N(Cc2ccccc2)C=CN1CC1C2c3ccccc3C(c3ccccc32)C1CN1[C]N(Cc2ccccc2)C=C1. The van der Waals surface area contributed by atoms with E-state index in [1.54, 1.807) is 0 Å². The monoisotopic (exact) mass is 546 g/mol. The van der Waals surface area contributed by atoms with Crippen molar-refractivity contribution >= 4 is 0 Å². The summed E-state index contributed by atoms with van der Waals surface area (Å²) in [7, 11) is 0. The normalized spacial score (nSPS) is 23.5. The summed E-state index contributed by atoms with van der Waals surface area (Å²) in [5, 5.41) is 0. The van der Waals surface area contributed by atoms with Gasteiger partial charge >= 0.3 is 0 Å². The topological polar surface area (TPSA) is 13.0 Å². The molecule has 4 aromatic rings. The minimum atomic E-state index is 0.359. The van der Waals surface area contributed by atoms with Gasteiger partial charge in [0.05, 0.1) is 0 Å². The van der Waals surface area contributed by atoms with Gasteiger partial charge in [-0.05, 0) is 45.2 Å². The predicted octanol–water partition coefficient (Wildman–Crippen LogP) is 7.08. The lowest BCUT2D eigenvalue weighted by atomic mass is 9.54. The molecule has 2 unspecified atom stereocenters. The van der Waals surface area contributed by atoms with Crippen LogP contribution in [0.1, 0.15) is 45.2 Å². The second kappa shape index (κ2) is 10.8. The van der Waals surface area contributed by atoms with Crippen LogP contribution in [-0.4, -0.2) is 32.7 Å². The van der Waals surface area contributed by atoms with Crippen molar-refractivity contribution in [3.05, 3.63) is 181 Å². The largest absolute Gasteiger partial charge is 0.346 e. The molecule has 2 atom stereocenters. The van der Waals surface area contributed by atoms with Gasteiger partial charge in [-0.25, -0.2) is 0 Å². The van der Waals surface area contributed by atoms with Crippen LogP contribution in [0.15, 0.2) is 134 Å². The minimum absolute atomic E-state index is 0.359. The third-order valence-electron chi connectivity index (χ3n) is 9.31. The number of rotatable bonds is 8. The van der Waals surface area contributed by atoms with Crippen LogP contribution in [-0.2, 0) is 13.1 Å². The van der Waals surface area contributed by atoms with Gasteiger partial charge in [0, 0.05) is 62.8 Å². The molecule has 0 saturated carbocycles. The Labute approximate surface area is 249 Å². The molecule has 0 aromatic heterocycles. The number of benzene rings is 4. The first-order valence-electron chi connectivity index (χ1n) is 15.0. The van der Waals surface area contributed by atoms with E-state index in [1.165, 1.54) is 33.4 Å². The Morgan fingerprint density at radius 3 is 1.12 bits per heavy atom. The summed E-state index contributed by atoms with van der Waals surface area (Å²) in [4.78, 5) is 8.95. The Balaban J connectivity index is 1.06. The third kappa shape index (κ3) is 4.65. The van der Waals surface area contributed by atoms with Crippen molar-refractivity contribution in [1.29, 1.82) is 0 Å². The van der Waals surface area contributed by atoms with Gasteiger partial charge in [-0.1, -0.05) is 109 Å². The van der Waals surface area contributed by atoms with Gasteiger partial charge in [-0.3, -0.25) is 0 Å². The molecule has 9 rings (SSSR count). The van der Waals surface area contributed by atoms with Crippen molar-refractivity contribution < 1.29 is 0 Å². The summed E-state index contributed by atoms with van der Waals surface area (Å²) in [5.41, 5.74) is 8.59. The minimum Gasteiger partial charge on any atom is -0.346 e. The van der Waals surface area contributed by atoms with E-state index in [-0.39, 0.29) is 0 Å². The van der Waals surface area contributed by atoms with Crippen LogP contribution in [0.5, 0.6) is 0 Å². The summed E-state index contributed by atoms with van der Waals surface area (Å²) in [5.74, 6) is 1.59.